The highest BCUT2D eigenvalue weighted by atomic mass is 16.8. The summed E-state index contributed by atoms with van der Waals surface area (Å²) >= 11 is 0. The number of aryl methyl sites for hydroxylation is 2. The number of hydrogen-bond acceptors (Lipinski definition) is 8. The molecule has 0 N–H and O–H groups in total. The van der Waals surface area contributed by atoms with Crippen molar-refractivity contribution in [2.24, 2.45) is 0 Å². The molecule has 4 heterocycles. The summed E-state index contributed by atoms with van der Waals surface area (Å²) in [5, 5.41) is 0. The van der Waals surface area contributed by atoms with E-state index in [1.54, 1.807) is 7.11 Å². The predicted octanol–water partition coefficient (Wildman–Crippen LogP) is 5.90. The van der Waals surface area contributed by atoms with E-state index in [2.05, 4.69) is 31.2 Å². The number of imidazole rings is 2. The van der Waals surface area contributed by atoms with Crippen molar-refractivity contribution in [3.63, 3.8) is 0 Å². The molecule has 0 bridgehead atoms. The molecule has 0 radical (unpaired) electrons. The van der Waals surface area contributed by atoms with Crippen LogP contribution in [0.25, 0.3) is 22.1 Å². The largest absolute Gasteiger partial charge is 0.372 e. The Labute approximate surface area is 269 Å². The molecular formula is C36H42N4O6. The standard InChI is InChI=1S/C36H42N4O6/c1-41-36-34(43-22-12-10-20-40-25-38-28-16-6-8-18-30(28)40)33(32-31(45-36)23-44-35(46-32)26-13-3-2-4-14-26)42-21-11-9-19-39-24-37-27-15-5-7-17-29(27)39/h2-8,13-18,24-25,31-36H,9-12,19-23H2,1H3/t31-,32-,33+,34-,35?,36+/m1/s1. The Bertz CT molecular complexity index is 1670. The van der Waals surface area contributed by atoms with E-state index in [0.717, 1.165) is 66.4 Å². The molecule has 0 saturated carbocycles. The van der Waals surface area contributed by atoms with Crippen molar-refractivity contribution in [1.82, 2.24) is 19.1 Å². The molecule has 242 valence electrons. The Kier molecular flexibility index (Phi) is 10.0. The summed E-state index contributed by atoms with van der Waals surface area (Å²) in [6, 6.07) is 26.4. The number of unbranched alkanes of at least 4 members (excludes halogenated alkanes) is 2. The van der Waals surface area contributed by atoms with E-state index in [1.807, 2.05) is 79.4 Å². The highest BCUT2D eigenvalue weighted by molar-refractivity contribution is 5.75. The van der Waals surface area contributed by atoms with Crippen molar-refractivity contribution in [1.29, 1.82) is 0 Å². The summed E-state index contributed by atoms with van der Waals surface area (Å²) < 4.78 is 42.4. The SMILES string of the molecule is CO[C@H]1O[C@@H]2COC(c3ccccc3)O[C@H]2[C@H](OCCCCn2cnc3ccccc32)[C@H]1OCCCCn1cnc2ccccc21. The van der Waals surface area contributed by atoms with Crippen LogP contribution in [-0.2, 0) is 41.5 Å². The van der Waals surface area contributed by atoms with Crippen LogP contribution < -0.4 is 0 Å². The number of hydrogen-bond donors (Lipinski definition) is 0. The fourth-order valence-electron chi connectivity index (χ4n) is 6.47. The quantitative estimate of drug-likeness (QED) is 0.141. The summed E-state index contributed by atoms with van der Waals surface area (Å²) in [6.07, 6.45) is 4.84. The number of fused-ring (bicyclic) bond motifs is 3. The molecule has 6 atom stereocenters. The van der Waals surface area contributed by atoms with E-state index in [0.29, 0.717) is 19.8 Å². The van der Waals surface area contributed by atoms with Crippen LogP contribution >= 0.6 is 0 Å². The molecule has 1 unspecified atom stereocenters. The summed E-state index contributed by atoms with van der Waals surface area (Å²) in [4.78, 5) is 9.03. The molecule has 0 amide bonds. The van der Waals surface area contributed by atoms with Gasteiger partial charge in [-0.2, -0.15) is 0 Å². The van der Waals surface area contributed by atoms with Crippen molar-refractivity contribution >= 4 is 22.1 Å². The fraction of sp³-hybridized carbons (Fsp3) is 0.444. The highest BCUT2D eigenvalue weighted by Gasteiger charge is 2.51. The number of benzene rings is 3. The van der Waals surface area contributed by atoms with Gasteiger partial charge in [0.15, 0.2) is 12.6 Å². The minimum atomic E-state index is -0.596. The summed E-state index contributed by atoms with van der Waals surface area (Å²) in [5.41, 5.74) is 5.29. The van der Waals surface area contributed by atoms with Gasteiger partial charge in [-0.3, -0.25) is 0 Å². The van der Waals surface area contributed by atoms with Crippen LogP contribution in [0.15, 0.2) is 91.5 Å². The number of aromatic nitrogens is 4. The molecule has 2 aliphatic rings. The second kappa shape index (κ2) is 14.8. The lowest BCUT2D eigenvalue weighted by molar-refractivity contribution is -0.367. The Morgan fingerprint density at radius 2 is 1.28 bits per heavy atom. The van der Waals surface area contributed by atoms with Gasteiger partial charge in [0.05, 0.1) is 41.3 Å². The Morgan fingerprint density at radius 1 is 0.696 bits per heavy atom. The van der Waals surface area contributed by atoms with Crippen molar-refractivity contribution in [2.45, 2.75) is 75.8 Å². The Morgan fingerprint density at radius 3 is 1.91 bits per heavy atom. The summed E-state index contributed by atoms with van der Waals surface area (Å²) in [5.74, 6) is 0. The average molecular weight is 627 g/mol. The number of methoxy groups -OCH3 is 1. The average Bonchev–Trinajstić information content (AvgIpc) is 3.72. The van der Waals surface area contributed by atoms with E-state index in [-0.39, 0.29) is 18.3 Å². The second-order valence-corrected chi connectivity index (χ2v) is 11.9. The van der Waals surface area contributed by atoms with Crippen LogP contribution in [0.1, 0.15) is 37.5 Å². The van der Waals surface area contributed by atoms with Crippen molar-refractivity contribution < 1.29 is 28.4 Å². The number of ether oxygens (including phenoxy) is 6. The molecule has 0 spiro atoms. The first-order valence-electron chi connectivity index (χ1n) is 16.3. The first kappa shape index (κ1) is 31.0. The normalized spacial score (nSPS) is 24.8. The Hall–Kier alpha value is -3.64. The number of para-hydroxylation sites is 4. The van der Waals surface area contributed by atoms with Crippen LogP contribution in [-0.4, -0.2) is 76.7 Å². The van der Waals surface area contributed by atoms with E-state index < -0.39 is 18.7 Å². The van der Waals surface area contributed by atoms with Gasteiger partial charge in [-0.15, -0.1) is 0 Å². The van der Waals surface area contributed by atoms with Gasteiger partial charge < -0.3 is 37.6 Å². The summed E-state index contributed by atoms with van der Waals surface area (Å²) in [6.45, 7) is 3.23. The molecule has 46 heavy (non-hydrogen) atoms. The van der Waals surface area contributed by atoms with E-state index >= 15 is 0 Å². The molecule has 10 heteroatoms. The minimum Gasteiger partial charge on any atom is -0.372 e. The van der Waals surface area contributed by atoms with Gasteiger partial charge in [0, 0.05) is 39.0 Å². The first-order chi connectivity index (χ1) is 22.8. The van der Waals surface area contributed by atoms with E-state index in [4.69, 9.17) is 28.4 Å². The molecule has 5 aromatic rings. The molecule has 10 nitrogen and oxygen atoms in total. The molecule has 7 rings (SSSR count). The zero-order valence-electron chi connectivity index (χ0n) is 26.2. The zero-order chi connectivity index (χ0) is 31.1. The van der Waals surface area contributed by atoms with E-state index in [9.17, 15) is 0 Å². The van der Waals surface area contributed by atoms with Gasteiger partial charge in [-0.05, 0) is 49.9 Å². The highest BCUT2D eigenvalue weighted by Crippen LogP contribution is 2.36. The smallest absolute Gasteiger partial charge is 0.186 e. The van der Waals surface area contributed by atoms with Gasteiger partial charge in [0.2, 0.25) is 0 Å². The first-order valence-corrected chi connectivity index (χ1v) is 16.3. The van der Waals surface area contributed by atoms with Crippen LogP contribution in [0, 0.1) is 0 Å². The van der Waals surface area contributed by atoms with Crippen molar-refractivity contribution in [3.05, 3.63) is 97.1 Å². The van der Waals surface area contributed by atoms with Gasteiger partial charge >= 0.3 is 0 Å². The maximum absolute atomic E-state index is 6.65. The molecular weight excluding hydrogens is 584 g/mol. The number of nitrogens with zero attached hydrogens (tertiary/aromatic N) is 4. The molecule has 0 aliphatic carbocycles. The van der Waals surface area contributed by atoms with Crippen LogP contribution in [0.5, 0.6) is 0 Å². The number of rotatable bonds is 14. The second-order valence-electron chi connectivity index (χ2n) is 11.9. The van der Waals surface area contributed by atoms with Gasteiger partial charge in [-0.25, -0.2) is 9.97 Å². The van der Waals surface area contributed by atoms with Crippen molar-refractivity contribution in [2.75, 3.05) is 26.9 Å². The monoisotopic (exact) mass is 626 g/mol. The Balaban J connectivity index is 0.991. The minimum absolute atomic E-state index is 0.332. The third-order valence-corrected chi connectivity index (χ3v) is 8.85. The molecule has 2 aliphatic heterocycles. The lowest BCUT2D eigenvalue weighted by Gasteiger charge is -2.48. The summed E-state index contributed by atoms with van der Waals surface area (Å²) in [7, 11) is 1.65. The maximum atomic E-state index is 6.65. The van der Waals surface area contributed by atoms with Gasteiger partial charge in [0.1, 0.15) is 24.4 Å². The molecule has 2 aromatic heterocycles. The van der Waals surface area contributed by atoms with Crippen LogP contribution in [0.4, 0.5) is 0 Å². The van der Waals surface area contributed by atoms with E-state index in [1.165, 1.54) is 0 Å². The van der Waals surface area contributed by atoms with Gasteiger partial charge in [-0.1, -0.05) is 54.6 Å². The van der Waals surface area contributed by atoms with Crippen LogP contribution in [0.2, 0.25) is 0 Å². The lowest BCUT2D eigenvalue weighted by Crippen LogP contribution is -2.63. The molecule has 3 aromatic carbocycles. The third-order valence-electron chi connectivity index (χ3n) is 8.85. The van der Waals surface area contributed by atoms with Crippen LogP contribution in [0.3, 0.4) is 0 Å². The lowest BCUT2D eigenvalue weighted by atomic mass is 9.97. The predicted molar refractivity (Wildman–Crippen MR) is 173 cm³/mol. The van der Waals surface area contributed by atoms with Gasteiger partial charge in [0.25, 0.3) is 0 Å². The molecule has 2 saturated heterocycles. The third kappa shape index (κ3) is 6.88. The molecule has 2 fully saturated rings. The fourth-order valence-corrected chi connectivity index (χ4v) is 6.47. The maximum Gasteiger partial charge on any atom is 0.186 e. The topological polar surface area (TPSA) is 91.0 Å². The zero-order valence-corrected chi connectivity index (χ0v) is 26.2. The van der Waals surface area contributed by atoms with Crippen molar-refractivity contribution in [3.8, 4) is 0 Å².